The minimum Gasteiger partial charge on any atom is -0.481 e. The van der Waals surface area contributed by atoms with E-state index >= 15 is 0 Å². The Labute approximate surface area is 236 Å². The van der Waals surface area contributed by atoms with Gasteiger partial charge in [-0.1, -0.05) is 59.9 Å². The number of hydrogen-bond acceptors (Lipinski definition) is 6. The first-order valence-corrected chi connectivity index (χ1v) is 13.6. The number of halogens is 3. The van der Waals surface area contributed by atoms with E-state index in [1.54, 1.807) is 4.57 Å². The molecular weight excluding hydrogens is 569 g/mol. The first-order chi connectivity index (χ1) is 18.3. The van der Waals surface area contributed by atoms with Crippen LogP contribution in [0.3, 0.4) is 0 Å². The molecule has 5 rings (SSSR count). The molecule has 2 aromatic carbocycles. The van der Waals surface area contributed by atoms with Crippen LogP contribution in [0.25, 0.3) is 5.00 Å². The number of benzene rings is 2. The Morgan fingerprint density at radius 1 is 1.05 bits per heavy atom. The Balaban J connectivity index is 1.60. The van der Waals surface area contributed by atoms with E-state index < -0.39 is 24.3 Å². The number of carbonyl (C=O) groups excluding carboxylic acids is 1. The van der Waals surface area contributed by atoms with Gasteiger partial charge in [0, 0.05) is 26.6 Å². The molecule has 8 nitrogen and oxygen atoms in total. The number of nitrogens with one attached hydrogen (secondary N) is 1. The van der Waals surface area contributed by atoms with Crippen LogP contribution in [0.2, 0.25) is 15.1 Å². The molecule has 0 saturated heterocycles. The molecule has 2 N–H and O–H groups in total. The Kier molecular flexibility index (Phi) is 7.54. The fourth-order valence-electron chi connectivity index (χ4n) is 4.20. The van der Waals surface area contributed by atoms with E-state index in [1.807, 2.05) is 24.3 Å². The number of aryl methyl sites for hydroxylation is 1. The van der Waals surface area contributed by atoms with E-state index in [9.17, 15) is 14.7 Å². The van der Waals surface area contributed by atoms with E-state index in [-0.39, 0.29) is 23.0 Å². The highest BCUT2D eigenvalue weighted by atomic mass is 35.5. The van der Waals surface area contributed by atoms with Crippen LogP contribution in [-0.4, -0.2) is 37.5 Å². The summed E-state index contributed by atoms with van der Waals surface area (Å²) in [5, 5.41) is 23.0. The quantitative estimate of drug-likeness (QED) is 0.269. The van der Waals surface area contributed by atoms with Crippen molar-refractivity contribution in [2.45, 2.75) is 32.4 Å². The molecule has 0 fully saturated rings. The van der Waals surface area contributed by atoms with Crippen LogP contribution in [0.4, 0.5) is 0 Å². The Bertz CT molecular complexity index is 1600. The summed E-state index contributed by atoms with van der Waals surface area (Å²) >= 11 is 20.1. The monoisotopic (exact) mass is 587 g/mol. The third-order valence-electron chi connectivity index (χ3n) is 6.01. The zero-order chi connectivity index (χ0) is 27.0. The number of nitrogens with zero attached hydrogens (tertiary/aromatic N) is 4. The van der Waals surface area contributed by atoms with Crippen molar-refractivity contribution in [1.29, 1.82) is 0 Å². The van der Waals surface area contributed by atoms with Crippen molar-refractivity contribution in [3.05, 3.63) is 96.8 Å². The highest BCUT2D eigenvalue weighted by Gasteiger charge is 2.31. The number of carbonyl (C=O) groups is 2. The van der Waals surface area contributed by atoms with Gasteiger partial charge >= 0.3 is 5.97 Å². The van der Waals surface area contributed by atoms with Gasteiger partial charge in [0.15, 0.2) is 11.6 Å². The number of aliphatic carboxylic acids is 1. The number of hydrogen-bond donors (Lipinski definition) is 2. The number of aromatic nitrogens is 3. The normalized spacial score (nSPS) is 13.2. The van der Waals surface area contributed by atoms with E-state index in [4.69, 9.17) is 39.8 Å². The van der Waals surface area contributed by atoms with Gasteiger partial charge < -0.3 is 10.4 Å². The van der Waals surface area contributed by atoms with Gasteiger partial charge in [-0.05, 0) is 36.8 Å². The zero-order valence-electron chi connectivity index (χ0n) is 19.9. The van der Waals surface area contributed by atoms with Crippen molar-refractivity contribution < 1.29 is 14.7 Å². The Morgan fingerprint density at radius 3 is 2.55 bits per heavy atom. The first-order valence-electron chi connectivity index (χ1n) is 11.6. The molecule has 0 spiro atoms. The van der Waals surface area contributed by atoms with E-state index in [0.29, 0.717) is 21.6 Å². The van der Waals surface area contributed by atoms with Crippen LogP contribution in [0.15, 0.2) is 53.5 Å². The van der Waals surface area contributed by atoms with Crippen molar-refractivity contribution >= 4 is 63.7 Å². The molecule has 0 unspecified atom stereocenters. The molecule has 0 aliphatic carbocycles. The van der Waals surface area contributed by atoms with Gasteiger partial charge in [-0.25, -0.2) is 0 Å². The summed E-state index contributed by atoms with van der Waals surface area (Å²) in [4.78, 5) is 30.9. The molecule has 1 amide bonds. The third-order valence-corrected chi connectivity index (χ3v) is 8.34. The molecule has 0 bridgehead atoms. The maximum absolute atomic E-state index is 13.1. The van der Waals surface area contributed by atoms with Gasteiger partial charge in [-0.3, -0.25) is 19.1 Å². The van der Waals surface area contributed by atoms with Gasteiger partial charge in [0.2, 0.25) is 0 Å². The van der Waals surface area contributed by atoms with Gasteiger partial charge in [0.25, 0.3) is 5.91 Å². The van der Waals surface area contributed by atoms with Crippen LogP contribution in [0, 0.1) is 0 Å². The second kappa shape index (κ2) is 10.9. The minimum atomic E-state index is -1.11. The molecule has 0 radical (unpaired) electrons. The number of carboxylic acid groups (broad SMARTS) is 1. The van der Waals surface area contributed by atoms with Crippen molar-refractivity contribution in [2.75, 3.05) is 0 Å². The molecule has 38 heavy (non-hydrogen) atoms. The molecule has 1 aliphatic rings. The standard InChI is InChI=1S/C26H20Cl3N5O3S/c1-2-14-10-16-23(15-5-3-4-6-17(15)27)30-12-21-32-33-24(34(21)26(16)38-14)20(11-22(35)36)31-25(37)13-7-8-18(28)19(29)9-13/h3-10,20H,2,11-12H2,1H3,(H,31,37)(H,35,36)/t20-/m0/s1. The van der Waals surface area contributed by atoms with Crippen molar-refractivity contribution in [1.82, 2.24) is 20.1 Å². The highest BCUT2D eigenvalue weighted by molar-refractivity contribution is 7.15. The minimum absolute atomic E-state index is 0.191. The molecule has 12 heteroatoms. The van der Waals surface area contributed by atoms with Crippen molar-refractivity contribution in [3.63, 3.8) is 0 Å². The summed E-state index contributed by atoms with van der Waals surface area (Å²) in [5.41, 5.74) is 2.57. The average Bonchev–Trinajstić information content (AvgIpc) is 3.47. The van der Waals surface area contributed by atoms with Gasteiger partial charge in [0.1, 0.15) is 17.6 Å². The highest BCUT2D eigenvalue weighted by Crippen LogP contribution is 2.36. The number of amides is 1. The fraction of sp³-hybridized carbons (Fsp3) is 0.192. The number of fused-ring (bicyclic) bond motifs is 3. The largest absolute Gasteiger partial charge is 0.481 e. The summed E-state index contributed by atoms with van der Waals surface area (Å²) in [7, 11) is 0. The first kappa shape index (κ1) is 26.4. The van der Waals surface area contributed by atoms with E-state index in [1.165, 1.54) is 29.5 Å². The molecule has 1 atom stereocenters. The lowest BCUT2D eigenvalue weighted by molar-refractivity contribution is -0.137. The van der Waals surface area contributed by atoms with Crippen molar-refractivity contribution in [3.8, 4) is 5.00 Å². The molecular formula is C26H20Cl3N5O3S. The van der Waals surface area contributed by atoms with Crippen molar-refractivity contribution in [2.24, 2.45) is 4.99 Å². The topological polar surface area (TPSA) is 109 Å². The Morgan fingerprint density at radius 2 is 1.84 bits per heavy atom. The van der Waals surface area contributed by atoms with Gasteiger partial charge in [-0.15, -0.1) is 21.5 Å². The lowest BCUT2D eigenvalue weighted by Crippen LogP contribution is -2.32. The van der Waals surface area contributed by atoms with Crippen LogP contribution < -0.4 is 5.32 Å². The summed E-state index contributed by atoms with van der Waals surface area (Å²) in [5.74, 6) is -0.817. The second-order valence-corrected chi connectivity index (χ2v) is 10.8. The van der Waals surface area contributed by atoms with E-state index in [0.717, 1.165) is 27.4 Å². The van der Waals surface area contributed by atoms with Crippen LogP contribution in [0.1, 0.15) is 57.4 Å². The molecule has 2 aromatic heterocycles. The maximum Gasteiger partial charge on any atom is 0.305 e. The predicted octanol–water partition coefficient (Wildman–Crippen LogP) is 6.15. The molecule has 194 valence electrons. The average molecular weight is 589 g/mol. The summed E-state index contributed by atoms with van der Waals surface area (Å²) in [6, 6.07) is 13.0. The number of carboxylic acids is 1. The second-order valence-electron chi connectivity index (χ2n) is 8.49. The van der Waals surface area contributed by atoms with Gasteiger partial charge in [-0.2, -0.15) is 0 Å². The van der Waals surface area contributed by atoms with Gasteiger partial charge in [0.05, 0.1) is 22.2 Å². The Hall–Kier alpha value is -3.24. The number of rotatable bonds is 7. The number of aliphatic imine (C=N–C) groups is 1. The maximum atomic E-state index is 13.1. The molecule has 3 heterocycles. The fourth-order valence-corrected chi connectivity index (χ4v) is 5.85. The third kappa shape index (κ3) is 5.07. The number of thiophene rings is 1. The van der Waals surface area contributed by atoms with Crippen LogP contribution in [-0.2, 0) is 17.8 Å². The predicted molar refractivity (Wildman–Crippen MR) is 148 cm³/mol. The molecule has 0 saturated carbocycles. The van der Waals surface area contributed by atoms with E-state index in [2.05, 4.69) is 28.5 Å². The SMILES string of the molecule is CCc1cc2c(s1)-n1c(nnc1[C@H](CC(=O)O)NC(=O)c1ccc(Cl)c(Cl)c1)CN=C2c1ccccc1Cl. The summed E-state index contributed by atoms with van der Waals surface area (Å²) < 4.78 is 1.80. The lowest BCUT2D eigenvalue weighted by atomic mass is 10.0. The van der Waals surface area contributed by atoms with Crippen LogP contribution >= 0.6 is 46.1 Å². The lowest BCUT2D eigenvalue weighted by Gasteiger charge is -2.18. The zero-order valence-corrected chi connectivity index (χ0v) is 23.0. The summed E-state index contributed by atoms with van der Waals surface area (Å²) in [6.45, 7) is 2.24. The smallest absolute Gasteiger partial charge is 0.305 e. The molecule has 4 aromatic rings. The molecule has 1 aliphatic heterocycles. The van der Waals surface area contributed by atoms with Crippen LogP contribution in [0.5, 0.6) is 0 Å². The summed E-state index contributed by atoms with van der Waals surface area (Å²) in [6.07, 6.45) is 0.373.